The van der Waals surface area contributed by atoms with Crippen LogP contribution >= 0.6 is 0 Å². The predicted molar refractivity (Wildman–Crippen MR) is 67.5 cm³/mol. The number of primary amides is 1. The summed E-state index contributed by atoms with van der Waals surface area (Å²) >= 11 is 0. The Morgan fingerprint density at radius 2 is 1.94 bits per heavy atom. The Labute approximate surface area is 105 Å². The van der Waals surface area contributed by atoms with Crippen molar-refractivity contribution in [1.29, 1.82) is 0 Å². The van der Waals surface area contributed by atoms with Gasteiger partial charge in [0.1, 0.15) is 18.1 Å². The molecule has 0 unspecified atom stereocenters. The van der Waals surface area contributed by atoms with Gasteiger partial charge in [0, 0.05) is 5.56 Å². The lowest BCUT2D eigenvalue weighted by atomic mass is 10.2. The van der Waals surface area contributed by atoms with Crippen LogP contribution in [0.4, 0.5) is 0 Å². The molecule has 1 heterocycles. The van der Waals surface area contributed by atoms with Crippen LogP contribution < -0.4 is 10.5 Å². The van der Waals surface area contributed by atoms with Crippen LogP contribution in [0.15, 0.2) is 34.7 Å². The maximum absolute atomic E-state index is 11.0. The molecule has 4 nitrogen and oxygen atoms in total. The fourth-order valence-electron chi connectivity index (χ4n) is 1.58. The summed E-state index contributed by atoms with van der Waals surface area (Å²) in [5.41, 5.74) is 7.15. The quantitative estimate of drug-likeness (QED) is 0.900. The predicted octanol–water partition coefficient (Wildman–Crippen LogP) is 2.57. The molecule has 4 heteroatoms. The van der Waals surface area contributed by atoms with Gasteiger partial charge in [-0.1, -0.05) is 17.7 Å². The number of hydrogen-bond acceptors (Lipinski definition) is 3. The molecule has 0 saturated heterocycles. The molecule has 1 aromatic carbocycles. The van der Waals surface area contributed by atoms with Gasteiger partial charge in [-0.2, -0.15) is 0 Å². The minimum atomic E-state index is -0.570. The van der Waals surface area contributed by atoms with Gasteiger partial charge in [-0.15, -0.1) is 0 Å². The van der Waals surface area contributed by atoms with E-state index in [-0.39, 0.29) is 5.76 Å². The Bertz CT molecular complexity index is 555. The maximum atomic E-state index is 11.0. The summed E-state index contributed by atoms with van der Waals surface area (Å²) in [5, 5.41) is 0. The number of carbonyl (C=O) groups excluding carboxylic acids is 1. The van der Waals surface area contributed by atoms with Crippen molar-refractivity contribution < 1.29 is 13.9 Å². The van der Waals surface area contributed by atoms with Crippen molar-refractivity contribution >= 4 is 5.91 Å². The van der Waals surface area contributed by atoms with Gasteiger partial charge < -0.3 is 14.9 Å². The van der Waals surface area contributed by atoms with E-state index in [4.69, 9.17) is 14.9 Å². The Morgan fingerprint density at radius 3 is 2.50 bits per heavy atom. The number of ether oxygens (including phenoxy) is 1. The van der Waals surface area contributed by atoms with Crippen LogP contribution in [-0.4, -0.2) is 5.91 Å². The van der Waals surface area contributed by atoms with Crippen molar-refractivity contribution in [1.82, 2.24) is 0 Å². The summed E-state index contributed by atoms with van der Waals surface area (Å²) in [7, 11) is 0. The van der Waals surface area contributed by atoms with E-state index in [2.05, 4.69) is 0 Å². The summed E-state index contributed by atoms with van der Waals surface area (Å²) in [6, 6.07) is 9.38. The Morgan fingerprint density at radius 1 is 1.28 bits per heavy atom. The summed E-state index contributed by atoms with van der Waals surface area (Å²) < 4.78 is 10.8. The van der Waals surface area contributed by atoms with Gasteiger partial charge in [-0.25, -0.2) is 0 Å². The second-order valence-electron chi connectivity index (χ2n) is 4.16. The van der Waals surface area contributed by atoms with E-state index in [1.165, 1.54) is 5.56 Å². The largest absolute Gasteiger partial charge is 0.489 e. The van der Waals surface area contributed by atoms with Crippen LogP contribution in [0.1, 0.15) is 27.4 Å². The molecule has 1 amide bonds. The molecule has 1 aromatic heterocycles. The van der Waals surface area contributed by atoms with Crippen LogP contribution in [0.25, 0.3) is 0 Å². The third-order valence-corrected chi connectivity index (χ3v) is 2.68. The van der Waals surface area contributed by atoms with Crippen LogP contribution in [0.5, 0.6) is 5.75 Å². The highest BCUT2D eigenvalue weighted by molar-refractivity contribution is 5.90. The smallest absolute Gasteiger partial charge is 0.284 e. The summed E-state index contributed by atoms with van der Waals surface area (Å²) in [6.07, 6.45) is 0. The number of furan rings is 1. The van der Waals surface area contributed by atoms with Crippen molar-refractivity contribution in [2.45, 2.75) is 20.5 Å². The molecule has 18 heavy (non-hydrogen) atoms. The van der Waals surface area contributed by atoms with Crippen molar-refractivity contribution in [3.63, 3.8) is 0 Å². The molecule has 0 saturated carbocycles. The minimum Gasteiger partial charge on any atom is -0.489 e. The third-order valence-electron chi connectivity index (χ3n) is 2.68. The average molecular weight is 245 g/mol. The molecule has 0 aliphatic carbocycles. The van der Waals surface area contributed by atoms with Crippen LogP contribution in [0, 0.1) is 13.8 Å². The highest BCUT2D eigenvalue weighted by Crippen LogP contribution is 2.18. The van der Waals surface area contributed by atoms with E-state index < -0.39 is 5.91 Å². The SMILES string of the molecule is Cc1ccc(OCc2cc(C(N)=O)oc2C)cc1. The highest BCUT2D eigenvalue weighted by atomic mass is 16.5. The Balaban J connectivity index is 2.06. The monoisotopic (exact) mass is 245 g/mol. The van der Waals surface area contributed by atoms with Crippen molar-refractivity contribution in [2.75, 3.05) is 0 Å². The molecule has 0 spiro atoms. The van der Waals surface area contributed by atoms with Gasteiger partial charge in [-0.3, -0.25) is 4.79 Å². The summed E-state index contributed by atoms with van der Waals surface area (Å²) in [4.78, 5) is 11.0. The Hall–Kier alpha value is -2.23. The fourth-order valence-corrected chi connectivity index (χ4v) is 1.58. The van der Waals surface area contributed by atoms with Gasteiger partial charge >= 0.3 is 0 Å². The number of benzene rings is 1. The normalized spacial score (nSPS) is 10.3. The lowest BCUT2D eigenvalue weighted by Gasteiger charge is -2.05. The molecular formula is C14H15NO3. The van der Waals surface area contributed by atoms with Gasteiger partial charge in [0.15, 0.2) is 5.76 Å². The van der Waals surface area contributed by atoms with E-state index in [0.29, 0.717) is 12.4 Å². The van der Waals surface area contributed by atoms with E-state index in [9.17, 15) is 4.79 Å². The van der Waals surface area contributed by atoms with Gasteiger partial charge in [0.05, 0.1) is 0 Å². The van der Waals surface area contributed by atoms with E-state index >= 15 is 0 Å². The molecule has 0 aliphatic heterocycles. The topological polar surface area (TPSA) is 65.5 Å². The number of carbonyl (C=O) groups is 1. The molecule has 2 aromatic rings. The summed E-state index contributed by atoms with van der Waals surface area (Å²) in [6.45, 7) is 4.15. The van der Waals surface area contributed by atoms with E-state index in [0.717, 1.165) is 11.3 Å². The second-order valence-corrected chi connectivity index (χ2v) is 4.16. The zero-order valence-electron chi connectivity index (χ0n) is 10.4. The number of aryl methyl sites for hydroxylation is 2. The van der Waals surface area contributed by atoms with Crippen molar-refractivity contribution in [2.24, 2.45) is 5.73 Å². The van der Waals surface area contributed by atoms with Gasteiger partial charge in [-0.05, 0) is 32.0 Å². The first-order valence-corrected chi connectivity index (χ1v) is 5.65. The number of amides is 1. The number of rotatable bonds is 4. The van der Waals surface area contributed by atoms with Crippen LogP contribution in [0.3, 0.4) is 0 Å². The average Bonchev–Trinajstić information content (AvgIpc) is 2.70. The Kier molecular flexibility index (Phi) is 3.37. The first-order valence-electron chi connectivity index (χ1n) is 5.65. The maximum Gasteiger partial charge on any atom is 0.284 e. The van der Waals surface area contributed by atoms with E-state index in [1.54, 1.807) is 13.0 Å². The molecule has 0 fully saturated rings. The molecule has 2 N–H and O–H groups in total. The molecule has 0 atom stereocenters. The van der Waals surface area contributed by atoms with Gasteiger partial charge in [0.25, 0.3) is 5.91 Å². The zero-order valence-corrected chi connectivity index (χ0v) is 10.4. The first-order chi connectivity index (χ1) is 8.56. The second kappa shape index (κ2) is 4.96. The molecule has 0 bridgehead atoms. The lowest BCUT2D eigenvalue weighted by molar-refractivity contribution is 0.0972. The van der Waals surface area contributed by atoms with Crippen LogP contribution in [-0.2, 0) is 6.61 Å². The van der Waals surface area contributed by atoms with E-state index in [1.807, 2.05) is 31.2 Å². The summed E-state index contributed by atoms with van der Waals surface area (Å²) in [5.74, 6) is 1.02. The molecular weight excluding hydrogens is 230 g/mol. The zero-order chi connectivity index (χ0) is 13.1. The number of nitrogens with two attached hydrogens (primary N) is 1. The minimum absolute atomic E-state index is 0.162. The molecule has 0 aliphatic rings. The molecule has 94 valence electrons. The molecule has 2 rings (SSSR count). The molecule has 0 radical (unpaired) electrons. The first kappa shape index (κ1) is 12.2. The fraction of sp³-hybridized carbons (Fsp3) is 0.214. The standard InChI is InChI=1S/C14H15NO3/c1-9-3-5-12(6-4-9)17-8-11-7-13(14(15)16)18-10(11)2/h3-7H,8H2,1-2H3,(H2,15,16). The van der Waals surface area contributed by atoms with Gasteiger partial charge in [0.2, 0.25) is 0 Å². The van der Waals surface area contributed by atoms with Crippen LogP contribution in [0.2, 0.25) is 0 Å². The lowest BCUT2D eigenvalue weighted by Crippen LogP contribution is -2.09. The van der Waals surface area contributed by atoms with Crippen molar-refractivity contribution in [3.05, 3.63) is 53.0 Å². The highest BCUT2D eigenvalue weighted by Gasteiger charge is 2.11. The third kappa shape index (κ3) is 2.71. The number of hydrogen-bond donors (Lipinski definition) is 1. The van der Waals surface area contributed by atoms with Crippen molar-refractivity contribution in [3.8, 4) is 5.75 Å².